The van der Waals surface area contributed by atoms with E-state index < -0.39 is 0 Å². The van der Waals surface area contributed by atoms with Gasteiger partial charge in [-0.3, -0.25) is 0 Å². The van der Waals surface area contributed by atoms with E-state index in [1.165, 1.54) is 11.1 Å². The highest BCUT2D eigenvalue weighted by molar-refractivity contribution is 9.10. The van der Waals surface area contributed by atoms with Crippen LogP contribution in [0, 0.1) is 0 Å². The van der Waals surface area contributed by atoms with Crippen molar-refractivity contribution in [3.05, 3.63) is 52.0 Å². The van der Waals surface area contributed by atoms with E-state index in [1.807, 2.05) is 30.3 Å². The van der Waals surface area contributed by atoms with Gasteiger partial charge in [0.2, 0.25) is 0 Å². The number of hydrogen-bond acceptors (Lipinski definition) is 3. The zero-order valence-electron chi connectivity index (χ0n) is 12.4. The average molecular weight is 350 g/mol. The molecule has 2 rings (SSSR count). The van der Waals surface area contributed by atoms with E-state index in [9.17, 15) is 0 Å². The first-order valence-corrected chi connectivity index (χ1v) is 7.80. The van der Waals surface area contributed by atoms with Crippen molar-refractivity contribution in [3.8, 4) is 17.2 Å². The molecule has 0 aliphatic rings. The molecular weight excluding hydrogens is 330 g/mol. The van der Waals surface area contributed by atoms with Gasteiger partial charge in [0.25, 0.3) is 0 Å². The van der Waals surface area contributed by atoms with Gasteiger partial charge in [-0.25, -0.2) is 0 Å². The SMILES string of the molecule is CCc1ccc(Oc2ccc(CCN)cc2Br)c(OC)c1. The summed E-state index contributed by atoms with van der Waals surface area (Å²) in [5.41, 5.74) is 7.98. The van der Waals surface area contributed by atoms with Crippen molar-refractivity contribution < 1.29 is 9.47 Å². The number of methoxy groups -OCH3 is 1. The topological polar surface area (TPSA) is 44.5 Å². The highest BCUT2D eigenvalue weighted by atomic mass is 79.9. The Labute approximate surface area is 134 Å². The molecule has 0 spiro atoms. The number of aryl methyl sites for hydroxylation is 1. The minimum atomic E-state index is 0.638. The van der Waals surface area contributed by atoms with Gasteiger partial charge in [0.1, 0.15) is 5.75 Å². The first kappa shape index (κ1) is 15.9. The van der Waals surface area contributed by atoms with Crippen molar-refractivity contribution in [2.75, 3.05) is 13.7 Å². The molecule has 0 unspecified atom stereocenters. The van der Waals surface area contributed by atoms with Crippen molar-refractivity contribution in [3.63, 3.8) is 0 Å². The maximum Gasteiger partial charge on any atom is 0.169 e. The Hall–Kier alpha value is -1.52. The Bertz CT molecular complexity index is 614. The van der Waals surface area contributed by atoms with Crippen LogP contribution in [-0.2, 0) is 12.8 Å². The van der Waals surface area contributed by atoms with Crippen LogP contribution in [0.5, 0.6) is 17.2 Å². The smallest absolute Gasteiger partial charge is 0.169 e. The van der Waals surface area contributed by atoms with E-state index >= 15 is 0 Å². The predicted molar refractivity (Wildman–Crippen MR) is 89.3 cm³/mol. The van der Waals surface area contributed by atoms with Crippen LogP contribution < -0.4 is 15.2 Å². The van der Waals surface area contributed by atoms with E-state index in [2.05, 4.69) is 28.9 Å². The summed E-state index contributed by atoms with van der Waals surface area (Å²) < 4.78 is 12.3. The molecule has 2 aromatic rings. The number of halogens is 1. The number of ether oxygens (including phenoxy) is 2. The summed E-state index contributed by atoms with van der Waals surface area (Å²) in [6.07, 6.45) is 1.82. The average Bonchev–Trinajstić information content (AvgIpc) is 2.50. The summed E-state index contributed by atoms with van der Waals surface area (Å²) >= 11 is 3.54. The molecule has 3 nitrogen and oxygen atoms in total. The highest BCUT2D eigenvalue weighted by Gasteiger charge is 2.09. The Morgan fingerprint density at radius 3 is 2.33 bits per heavy atom. The van der Waals surface area contributed by atoms with Crippen molar-refractivity contribution in [2.24, 2.45) is 5.73 Å². The van der Waals surface area contributed by atoms with Crippen LogP contribution in [0.25, 0.3) is 0 Å². The van der Waals surface area contributed by atoms with E-state index in [1.54, 1.807) is 7.11 Å². The Balaban J connectivity index is 2.25. The van der Waals surface area contributed by atoms with Gasteiger partial charge >= 0.3 is 0 Å². The zero-order chi connectivity index (χ0) is 15.2. The fourth-order valence-electron chi connectivity index (χ4n) is 2.08. The third-order valence-corrected chi connectivity index (χ3v) is 3.91. The van der Waals surface area contributed by atoms with E-state index in [4.69, 9.17) is 15.2 Å². The van der Waals surface area contributed by atoms with Crippen molar-refractivity contribution in [1.29, 1.82) is 0 Å². The predicted octanol–water partition coefficient (Wildman–Crippen LogP) is 4.31. The highest BCUT2D eigenvalue weighted by Crippen LogP contribution is 2.36. The zero-order valence-corrected chi connectivity index (χ0v) is 13.9. The molecule has 0 atom stereocenters. The van der Waals surface area contributed by atoms with Gasteiger partial charge in [0.05, 0.1) is 11.6 Å². The van der Waals surface area contributed by atoms with Gasteiger partial charge in [-0.05, 0) is 70.7 Å². The fraction of sp³-hybridized carbons (Fsp3) is 0.294. The number of benzene rings is 2. The summed E-state index contributed by atoms with van der Waals surface area (Å²) in [4.78, 5) is 0. The molecular formula is C17H20BrNO2. The molecule has 21 heavy (non-hydrogen) atoms. The van der Waals surface area contributed by atoms with E-state index in [0.29, 0.717) is 12.3 Å². The summed E-state index contributed by atoms with van der Waals surface area (Å²) in [7, 11) is 1.65. The molecule has 0 amide bonds. The molecule has 0 aromatic heterocycles. The Kier molecular flexibility index (Phi) is 5.65. The first-order valence-electron chi connectivity index (χ1n) is 7.01. The van der Waals surface area contributed by atoms with Gasteiger partial charge < -0.3 is 15.2 Å². The van der Waals surface area contributed by atoms with Crippen LogP contribution in [0.4, 0.5) is 0 Å². The molecule has 0 aliphatic heterocycles. The second-order valence-corrected chi connectivity index (χ2v) is 5.60. The lowest BCUT2D eigenvalue weighted by atomic mass is 10.1. The maximum absolute atomic E-state index is 5.96. The lowest BCUT2D eigenvalue weighted by Crippen LogP contribution is -2.02. The third-order valence-electron chi connectivity index (χ3n) is 3.29. The minimum Gasteiger partial charge on any atom is -0.493 e. The van der Waals surface area contributed by atoms with Crippen molar-refractivity contribution >= 4 is 15.9 Å². The summed E-state index contributed by atoms with van der Waals surface area (Å²) in [6, 6.07) is 12.0. The molecule has 0 heterocycles. The molecule has 2 aromatic carbocycles. The number of rotatable bonds is 6. The van der Waals surface area contributed by atoms with Gasteiger partial charge in [-0.2, -0.15) is 0 Å². The normalized spacial score (nSPS) is 10.5. The van der Waals surface area contributed by atoms with Crippen LogP contribution in [0.2, 0.25) is 0 Å². The van der Waals surface area contributed by atoms with Crippen LogP contribution in [0.3, 0.4) is 0 Å². The van der Waals surface area contributed by atoms with Crippen molar-refractivity contribution in [2.45, 2.75) is 19.8 Å². The molecule has 0 saturated heterocycles. The van der Waals surface area contributed by atoms with Crippen LogP contribution in [-0.4, -0.2) is 13.7 Å². The van der Waals surface area contributed by atoms with E-state index in [0.717, 1.165) is 28.8 Å². The molecule has 0 fully saturated rings. The molecule has 112 valence electrons. The standard InChI is InChI=1S/C17H20BrNO2/c1-3-12-4-7-16(17(11-12)20-2)21-15-6-5-13(8-9-19)10-14(15)18/h4-7,10-11H,3,8-9,19H2,1-2H3. The molecule has 0 saturated carbocycles. The van der Waals surface area contributed by atoms with Gasteiger partial charge in [0.15, 0.2) is 11.5 Å². The number of hydrogen-bond donors (Lipinski definition) is 1. The van der Waals surface area contributed by atoms with Gasteiger partial charge in [-0.15, -0.1) is 0 Å². The molecule has 2 N–H and O–H groups in total. The van der Waals surface area contributed by atoms with Gasteiger partial charge in [0, 0.05) is 0 Å². The third kappa shape index (κ3) is 3.99. The quantitative estimate of drug-likeness (QED) is 0.844. The molecule has 0 bridgehead atoms. The van der Waals surface area contributed by atoms with E-state index in [-0.39, 0.29) is 0 Å². The lowest BCUT2D eigenvalue weighted by molar-refractivity contribution is 0.377. The minimum absolute atomic E-state index is 0.638. The Morgan fingerprint density at radius 2 is 1.71 bits per heavy atom. The van der Waals surface area contributed by atoms with Crippen molar-refractivity contribution in [1.82, 2.24) is 0 Å². The summed E-state index contributed by atoms with van der Waals surface area (Å²) in [6.45, 7) is 2.75. The van der Waals surface area contributed by atoms with Gasteiger partial charge in [-0.1, -0.05) is 19.1 Å². The maximum atomic E-state index is 5.96. The largest absolute Gasteiger partial charge is 0.493 e. The summed E-state index contributed by atoms with van der Waals surface area (Å²) in [5.74, 6) is 2.22. The second-order valence-electron chi connectivity index (χ2n) is 4.74. The van der Waals surface area contributed by atoms with Crippen LogP contribution in [0.15, 0.2) is 40.9 Å². The molecule has 4 heteroatoms. The lowest BCUT2D eigenvalue weighted by Gasteiger charge is -2.13. The molecule has 0 radical (unpaired) electrons. The Morgan fingerprint density at radius 1 is 1.00 bits per heavy atom. The second kappa shape index (κ2) is 7.48. The summed E-state index contributed by atoms with van der Waals surface area (Å²) in [5, 5.41) is 0. The fourth-order valence-corrected chi connectivity index (χ4v) is 2.59. The molecule has 0 aliphatic carbocycles. The van der Waals surface area contributed by atoms with Crippen LogP contribution in [0.1, 0.15) is 18.1 Å². The first-order chi connectivity index (χ1) is 10.2. The monoisotopic (exact) mass is 349 g/mol. The van der Waals surface area contributed by atoms with Crippen LogP contribution >= 0.6 is 15.9 Å². The number of nitrogens with two attached hydrogens (primary N) is 1.